The Balaban J connectivity index is 1.72. The fraction of sp³-hybridized carbons (Fsp3) is 0.588. The third-order valence-electron chi connectivity index (χ3n) is 4.14. The molecular formula is C17H24N2S2. The van der Waals surface area contributed by atoms with Crippen molar-refractivity contribution in [2.45, 2.75) is 61.1 Å². The molecule has 1 N–H and O–H groups in total. The number of rotatable bonds is 5. The van der Waals surface area contributed by atoms with Gasteiger partial charge < -0.3 is 5.32 Å². The van der Waals surface area contributed by atoms with Gasteiger partial charge in [0.15, 0.2) is 4.34 Å². The summed E-state index contributed by atoms with van der Waals surface area (Å²) in [5.41, 5.74) is 1.15. The van der Waals surface area contributed by atoms with Crippen molar-refractivity contribution < 1.29 is 0 Å². The van der Waals surface area contributed by atoms with Crippen LogP contribution in [-0.4, -0.2) is 22.8 Å². The first-order valence-electron chi connectivity index (χ1n) is 8.12. The Labute approximate surface area is 135 Å². The first-order valence-corrected chi connectivity index (χ1v) is 9.82. The number of aromatic nitrogens is 1. The average molecular weight is 321 g/mol. The summed E-state index contributed by atoms with van der Waals surface area (Å²) in [5.74, 6) is 0. The number of nitrogens with one attached hydrogen (secondary N) is 1. The van der Waals surface area contributed by atoms with Crippen LogP contribution in [0, 0.1) is 0 Å². The standard InChI is InChI=1S/C17H24N2S2/c1-2-12-18-13-8-4-3-5-10-15(13)20-17-19-14-9-6-7-11-16(14)21-17/h6-7,9,11,13,15,18H,2-5,8,10,12H2,1H3. The van der Waals surface area contributed by atoms with E-state index < -0.39 is 0 Å². The lowest BCUT2D eigenvalue weighted by atomic mass is 10.1. The number of hydrogen-bond donors (Lipinski definition) is 1. The SMILES string of the molecule is CCCNC1CCCCCC1Sc1nc2ccccc2s1. The van der Waals surface area contributed by atoms with Crippen LogP contribution in [0.4, 0.5) is 0 Å². The molecule has 0 bridgehead atoms. The maximum atomic E-state index is 4.81. The Morgan fingerprint density at radius 3 is 2.95 bits per heavy atom. The molecule has 1 aromatic heterocycles. The van der Waals surface area contributed by atoms with Gasteiger partial charge in [-0.3, -0.25) is 0 Å². The minimum Gasteiger partial charge on any atom is -0.313 e. The maximum absolute atomic E-state index is 4.81. The van der Waals surface area contributed by atoms with E-state index in [4.69, 9.17) is 4.98 Å². The molecule has 114 valence electrons. The molecule has 0 saturated heterocycles. The van der Waals surface area contributed by atoms with Crippen molar-refractivity contribution in [2.75, 3.05) is 6.54 Å². The Morgan fingerprint density at radius 1 is 1.24 bits per heavy atom. The molecule has 1 aliphatic carbocycles. The number of fused-ring (bicyclic) bond motifs is 1. The Bertz CT molecular complexity index is 534. The molecule has 1 heterocycles. The summed E-state index contributed by atoms with van der Waals surface area (Å²) in [4.78, 5) is 4.81. The second-order valence-electron chi connectivity index (χ2n) is 5.80. The van der Waals surface area contributed by atoms with Crippen LogP contribution in [0.5, 0.6) is 0 Å². The molecule has 2 nitrogen and oxygen atoms in total. The van der Waals surface area contributed by atoms with E-state index in [0.29, 0.717) is 11.3 Å². The summed E-state index contributed by atoms with van der Waals surface area (Å²) >= 11 is 3.85. The second-order valence-corrected chi connectivity index (χ2v) is 8.32. The van der Waals surface area contributed by atoms with Crippen LogP contribution in [0.2, 0.25) is 0 Å². The highest BCUT2D eigenvalue weighted by Gasteiger charge is 2.25. The van der Waals surface area contributed by atoms with E-state index in [9.17, 15) is 0 Å². The van der Waals surface area contributed by atoms with E-state index >= 15 is 0 Å². The fourth-order valence-corrected chi connectivity index (χ4v) is 5.63. The highest BCUT2D eigenvalue weighted by Crippen LogP contribution is 2.37. The van der Waals surface area contributed by atoms with Crippen molar-refractivity contribution in [3.8, 4) is 0 Å². The van der Waals surface area contributed by atoms with Crippen molar-refractivity contribution in [3.63, 3.8) is 0 Å². The van der Waals surface area contributed by atoms with Crippen molar-refractivity contribution in [1.82, 2.24) is 10.3 Å². The molecule has 4 heteroatoms. The maximum Gasteiger partial charge on any atom is 0.151 e. The molecule has 0 amide bonds. The zero-order valence-electron chi connectivity index (χ0n) is 12.7. The molecule has 21 heavy (non-hydrogen) atoms. The third-order valence-corrected chi connectivity index (χ3v) is 6.67. The van der Waals surface area contributed by atoms with Crippen LogP contribution in [-0.2, 0) is 0 Å². The van der Waals surface area contributed by atoms with Gasteiger partial charge in [0.2, 0.25) is 0 Å². The number of benzene rings is 1. The normalized spacial score (nSPS) is 23.3. The summed E-state index contributed by atoms with van der Waals surface area (Å²) < 4.78 is 2.55. The predicted molar refractivity (Wildman–Crippen MR) is 94.4 cm³/mol. The molecule has 1 aromatic carbocycles. The van der Waals surface area contributed by atoms with Crippen LogP contribution in [0.25, 0.3) is 10.2 Å². The monoisotopic (exact) mass is 320 g/mol. The quantitative estimate of drug-likeness (QED) is 0.777. The van der Waals surface area contributed by atoms with Crippen LogP contribution >= 0.6 is 23.1 Å². The fourth-order valence-electron chi connectivity index (χ4n) is 3.01. The van der Waals surface area contributed by atoms with Crippen molar-refractivity contribution in [3.05, 3.63) is 24.3 Å². The molecule has 1 fully saturated rings. The summed E-state index contributed by atoms with van der Waals surface area (Å²) in [6, 6.07) is 9.14. The second kappa shape index (κ2) is 7.61. The van der Waals surface area contributed by atoms with Crippen LogP contribution in [0.3, 0.4) is 0 Å². The Hall–Kier alpha value is -0.580. The largest absolute Gasteiger partial charge is 0.313 e. The van der Waals surface area contributed by atoms with E-state index in [-0.39, 0.29) is 0 Å². The van der Waals surface area contributed by atoms with Gasteiger partial charge in [0.05, 0.1) is 10.2 Å². The van der Waals surface area contributed by atoms with E-state index in [0.717, 1.165) is 12.1 Å². The molecule has 1 saturated carbocycles. The lowest BCUT2D eigenvalue weighted by molar-refractivity contribution is 0.470. The molecule has 1 aliphatic rings. The smallest absolute Gasteiger partial charge is 0.151 e. The third kappa shape index (κ3) is 3.99. The number of para-hydroxylation sites is 1. The van der Waals surface area contributed by atoms with Gasteiger partial charge in [0.1, 0.15) is 0 Å². The van der Waals surface area contributed by atoms with Gasteiger partial charge in [-0.2, -0.15) is 0 Å². The lowest BCUT2D eigenvalue weighted by Gasteiger charge is -2.24. The number of thiazole rings is 1. The van der Waals surface area contributed by atoms with Crippen LogP contribution in [0.1, 0.15) is 45.4 Å². The topological polar surface area (TPSA) is 24.9 Å². The molecule has 0 radical (unpaired) electrons. The van der Waals surface area contributed by atoms with E-state index in [2.05, 4.69) is 36.5 Å². The van der Waals surface area contributed by atoms with Gasteiger partial charge in [-0.1, -0.05) is 50.1 Å². The predicted octanol–water partition coefficient (Wildman–Crippen LogP) is 5.09. The summed E-state index contributed by atoms with van der Waals surface area (Å²) in [7, 11) is 0. The Kier molecular flexibility index (Phi) is 5.55. The van der Waals surface area contributed by atoms with Crippen molar-refractivity contribution in [1.29, 1.82) is 0 Å². The van der Waals surface area contributed by atoms with Gasteiger partial charge in [-0.15, -0.1) is 11.3 Å². The van der Waals surface area contributed by atoms with Crippen LogP contribution < -0.4 is 5.32 Å². The van der Waals surface area contributed by atoms with Crippen LogP contribution in [0.15, 0.2) is 28.6 Å². The zero-order chi connectivity index (χ0) is 14.5. The first kappa shape index (κ1) is 15.3. The summed E-state index contributed by atoms with van der Waals surface area (Å²) in [5, 5.41) is 4.45. The van der Waals surface area contributed by atoms with E-state index in [1.807, 2.05) is 23.1 Å². The Morgan fingerprint density at radius 2 is 2.10 bits per heavy atom. The molecule has 2 aromatic rings. The highest BCUT2D eigenvalue weighted by atomic mass is 32.2. The number of nitrogens with zero attached hydrogens (tertiary/aromatic N) is 1. The molecule has 0 spiro atoms. The van der Waals surface area contributed by atoms with Gasteiger partial charge in [0, 0.05) is 11.3 Å². The van der Waals surface area contributed by atoms with Crippen molar-refractivity contribution in [2.24, 2.45) is 0 Å². The minimum absolute atomic E-state index is 0.657. The van der Waals surface area contributed by atoms with Crippen molar-refractivity contribution >= 4 is 33.3 Å². The highest BCUT2D eigenvalue weighted by molar-refractivity contribution is 8.01. The van der Waals surface area contributed by atoms with E-state index in [1.165, 1.54) is 47.6 Å². The number of hydrogen-bond acceptors (Lipinski definition) is 4. The summed E-state index contributed by atoms with van der Waals surface area (Å²) in [6.07, 6.45) is 7.99. The molecule has 2 atom stereocenters. The average Bonchev–Trinajstić information content (AvgIpc) is 2.78. The van der Waals surface area contributed by atoms with E-state index in [1.54, 1.807) is 0 Å². The molecular weight excluding hydrogens is 296 g/mol. The first-order chi connectivity index (χ1) is 10.4. The van der Waals surface area contributed by atoms with Gasteiger partial charge in [-0.25, -0.2) is 4.98 Å². The van der Waals surface area contributed by atoms with Gasteiger partial charge in [-0.05, 0) is 37.9 Å². The molecule has 0 aliphatic heterocycles. The van der Waals surface area contributed by atoms with Gasteiger partial charge in [0.25, 0.3) is 0 Å². The molecule has 3 rings (SSSR count). The number of thioether (sulfide) groups is 1. The molecule has 2 unspecified atom stereocenters. The lowest BCUT2D eigenvalue weighted by Crippen LogP contribution is -2.37. The summed E-state index contributed by atoms with van der Waals surface area (Å²) in [6.45, 7) is 3.39. The van der Waals surface area contributed by atoms with Gasteiger partial charge >= 0.3 is 0 Å². The minimum atomic E-state index is 0.657. The zero-order valence-corrected chi connectivity index (χ0v) is 14.3.